The maximum atomic E-state index is 13.6. The van der Waals surface area contributed by atoms with Gasteiger partial charge in [0.25, 0.3) is 0 Å². The average Bonchev–Trinajstić information content (AvgIpc) is 3.27. The summed E-state index contributed by atoms with van der Waals surface area (Å²) in [6.45, 7) is 2.55. The quantitative estimate of drug-likeness (QED) is 0.750. The molecular formula is C20H19FN2O. The van der Waals surface area contributed by atoms with Crippen LogP contribution in [0.25, 0.3) is 10.9 Å². The van der Waals surface area contributed by atoms with E-state index in [4.69, 9.17) is 0 Å². The number of rotatable bonds is 4. The number of nitrogens with one attached hydrogen (secondary N) is 2. The van der Waals surface area contributed by atoms with E-state index in [1.165, 1.54) is 17.7 Å². The number of hydrogen-bond donors (Lipinski definition) is 2. The molecule has 0 saturated heterocycles. The number of aryl methyl sites for hydroxylation is 1. The van der Waals surface area contributed by atoms with Crippen molar-refractivity contribution in [2.45, 2.75) is 31.7 Å². The predicted octanol–water partition coefficient (Wildman–Crippen LogP) is 3.96. The molecule has 0 radical (unpaired) electrons. The maximum absolute atomic E-state index is 13.6. The molecule has 0 atom stereocenters. The molecule has 1 aliphatic carbocycles. The maximum Gasteiger partial charge on any atom is 0.231 e. The topological polar surface area (TPSA) is 44.9 Å². The number of amides is 1. The Morgan fingerprint density at radius 1 is 1.25 bits per heavy atom. The smallest absolute Gasteiger partial charge is 0.231 e. The summed E-state index contributed by atoms with van der Waals surface area (Å²) >= 11 is 0. The van der Waals surface area contributed by atoms with Gasteiger partial charge in [-0.25, -0.2) is 4.39 Å². The molecule has 1 aliphatic rings. The minimum atomic E-state index is -0.518. The van der Waals surface area contributed by atoms with Crippen molar-refractivity contribution in [3.63, 3.8) is 0 Å². The van der Waals surface area contributed by atoms with Crippen molar-refractivity contribution in [2.24, 2.45) is 0 Å². The van der Waals surface area contributed by atoms with Crippen molar-refractivity contribution in [1.29, 1.82) is 0 Å². The van der Waals surface area contributed by atoms with Crippen LogP contribution in [0.1, 0.15) is 29.5 Å². The number of H-pyrrole nitrogens is 1. The molecule has 122 valence electrons. The second-order valence-electron chi connectivity index (χ2n) is 6.65. The van der Waals surface area contributed by atoms with Crippen molar-refractivity contribution in [2.75, 3.05) is 0 Å². The number of halogens is 1. The molecule has 0 unspecified atom stereocenters. The number of carbonyl (C=O) groups is 1. The van der Waals surface area contributed by atoms with Crippen LogP contribution in [0.5, 0.6) is 0 Å². The van der Waals surface area contributed by atoms with Crippen molar-refractivity contribution in [1.82, 2.24) is 10.3 Å². The van der Waals surface area contributed by atoms with Crippen molar-refractivity contribution >= 4 is 16.8 Å². The van der Waals surface area contributed by atoms with Gasteiger partial charge in [-0.15, -0.1) is 0 Å². The Hall–Kier alpha value is -2.62. The van der Waals surface area contributed by atoms with Gasteiger partial charge in [-0.3, -0.25) is 4.79 Å². The summed E-state index contributed by atoms with van der Waals surface area (Å²) in [6.07, 6.45) is 3.45. The molecular weight excluding hydrogens is 303 g/mol. The van der Waals surface area contributed by atoms with Gasteiger partial charge in [0.1, 0.15) is 5.82 Å². The van der Waals surface area contributed by atoms with Crippen LogP contribution in [-0.4, -0.2) is 10.9 Å². The largest absolute Gasteiger partial charge is 0.361 e. The van der Waals surface area contributed by atoms with Crippen molar-refractivity contribution in [3.8, 4) is 0 Å². The number of fused-ring (bicyclic) bond motifs is 1. The first-order chi connectivity index (χ1) is 11.6. The first-order valence-electron chi connectivity index (χ1n) is 8.19. The Morgan fingerprint density at radius 2 is 2.08 bits per heavy atom. The first kappa shape index (κ1) is 14.9. The van der Waals surface area contributed by atoms with E-state index in [0.29, 0.717) is 6.54 Å². The van der Waals surface area contributed by atoms with E-state index >= 15 is 0 Å². The number of hydrogen-bond acceptors (Lipinski definition) is 1. The van der Waals surface area contributed by atoms with E-state index < -0.39 is 5.41 Å². The molecule has 4 rings (SSSR count). The summed E-state index contributed by atoms with van der Waals surface area (Å²) in [4.78, 5) is 15.9. The average molecular weight is 322 g/mol. The molecule has 1 saturated carbocycles. The molecule has 2 aromatic carbocycles. The van der Waals surface area contributed by atoms with E-state index in [-0.39, 0.29) is 11.7 Å². The van der Waals surface area contributed by atoms with E-state index in [0.717, 1.165) is 34.9 Å². The zero-order valence-electron chi connectivity index (χ0n) is 13.5. The highest BCUT2D eigenvalue weighted by molar-refractivity contribution is 5.97. The van der Waals surface area contributed by atoms with Gasteiger partial charge in [-0.05, 0) is 49.1 Å². The van der Waals surface area contributed by atoms with Gasteiger partial charge in [-0.1, -0.05) is 29.8 Å². The SMILES string of the molecule is Cc1cccc(CNC(=O)C2(c3c[nH]c4ccc(F)cc34)CC2)c1. The molecule has 0 spiro atoms. The lowest BCUT2D eigenvalue weighted by atomic mass is 9.94. The fourth-order valence-electron chi connectivity index (χ4n) is 3.41. The number of benzene rings is 2. The Morgan fingerprint density at radius 3 is 2.83 bits per heavy atom. The van der Waals surface area contributed by atoms with Crippen LogP contribution in [0.4, 0.5) is 4.39 Å². The lowest BCUT2D eigenvalue weighted by Crippen LogP contribution is -2.34. The Kier molecular flexibility index (Phi) is 3.41. The molecule has 3 aromatic rings. The summed E-state index contributed by atoms with van der Waals surface area (Å²) < 4.78 is 13.6. The molecule has 0 bridgehead atoms. The Balaban J connectivity index is 1.58. The van der Waals surface area contributed by atoms with Crippen molar-refractivity contribution < 1.29 is 9.18 Å². The monoisotopic (exact) mass is 322 g/mol. The second kappa shape index (κ2) is 5.48. The fourth-order valence-corrected chi connectivity index (χ4v) is 3.41. The van der Waals surface area contributed by atoms with Crippen molar-refractivity contribution in [3.05, 3.63) is 71.2 Å². The van der Waals surface area contributed by atoms with Gasteiger partial charge in [0.15, 0.2) is 0 Å². The van der Waals surface area contributed by atoms with Crippen LogP contribution >= 0.6 is 0 Å². The zero-order chi connectivity index (χ0) is 16.7. The van der Waals surface area contributed by atoms with E-state index in [1.54, 1.807) is 6.07 Å². The third-order valence-electron chi connectivity index (χ3n) is 4.88. The fraction of sp³-hybridized carbons (Fsp3) is 0.250. The summed E-state index contributed by atoms with van der Waals surface area (Å²) in [7, 11) is 0. The standard InChI is InChI=1S/C20H19FN2O/c1-13-3-2-4-14(9-13)11-23-19(24)20(7-8-20)17-12-22-18-6-5-15(21)10-16(17)18/h2-6,9-10,12,22H,7-8,11H2,1H3,(H,23,24). The van der Waals surface area contributed by atoms with Crippen LogP contribution in [0.15, 0.2) is 48.7 Å². The highest BCUT2D eigenvalue weighted by Crippen LogP contribution is 2.50. The molecule has 1 amide bonds. The summed E-state index contributed by atoms with van der Waals surface area (Å²) in [5, 5.41) is 3.85. The number of carbonyl (C=O) groups excluding carboxylic acids is 1. The first-order valence-corrected chi connectivity index (χ1v) is 8.19. The second-order valence-corrected chi connectivity index (χ2v) is 6.65. The molecule has 4 heteroatoms. The van der Waals surface area contributed by atoms with E-state index in [1.807, 2.05) is 31.3 Å². The number of aromatic amines is 1. The minimum Gasteiger partial charge on any atom is -0.361 e. The normalized spacial score (nSPS) is 15.4. The highest BCUT2D eigenvalue weighted by Gasteiger charge is 2.52. The minimum absolute atomic E-state index is 0.0224. The third kappa shape index (κ3) is 2.48. The van der Waals surface area contributed by atoms with Gasteiger partial charge in [0, 0.05) is 23.6 Å². The predicted molar refractivity (Wildman–Crippen MR) is 92.2 cm³/mol. The molecule has 0 aliphatic heterocycles. The lowest BCUT2D eigenvalue weighted by Gasteiger charge is -2.15. The van der Waals surface area contributed by atoms with E-state index in [2.05, 4.69) is 16.4 Å². The van der Waals surface area contributed by atoms with Gasteiger partial charge in [-0.2, -0.15) is 0 Å². The third-order valence-corrected chi connectivity index (χ3v) is 4.88. The molecule has 1 aromatic heterocycles. The van der Waals surface area contributed by atoms with Crippen LogP contribution in [0.3, 0.4) is 0 Å². The molecule has 3 nitrogen and oxygen atoms in total. The molecule has 1 heterocycles. The number of aromatic nitrogens is 1. The van der Waals surface area contributed by atoms with Gasteiger partial charge >= 0.3 is 0 Å². The Labute approximate surface area is 139 Å². The van der Waals surface area contributed by atoms with Gasteiger partial charge < -0.3 is 10.3 Å². The summed E-state index contributed by atoms with van der Waals surface area (Å²) in [6, 6.07) is 12.8. The van der Waals surface area contributed by atoms with Crippen LogP contribution in [0.2, 0.25) is 0 Å². The summed E-state index contributed by atoms with van der Waals surface area (Å²) in [5.41, 5.74) is 3.51. The van der Waals surface area contributed by atoms with Crippen LogP contribution < -0.4 is 5.32 Å². The van der Waals surface area contributed by atoms with Gasteiger partial charge in [0.05, 0.1) is 5.41 Å². The molecule has 1 fully saturated rings. The van der Waals surface area contributed by atoms with Crippen LogP contribution in [-0.2, 0) is 16.8 Å². The Bertz CT molecular complexity index is 924. The van der Waals surface area contributed by atoms with Gasteiger partial charge in [0.2, 0.25) is 5.91 Å². The van der Waals surface area contributed by atoms with Crippen LogP contribution in [0, 0.1) is 12.7 Å². The highest BCUT2D eigenvalue weighted by atomic mass is 19.1. The molecule has 24 heavy (non-hydrogen) atoms. The summed E-state index contributed by atoms with van der Waals surface area (Å²) in [5.74, 6) is -0.256. The van der Waals surface area contributed by atoms with E-state index in [9.17, 15) is 9.18 Å². The zero-order valence-corrected chi connectivity index (χ0v) is 13.5. The lowest BCUT2D eigenvalue weighted by molar-refractivity contribution is -0.123. The molecule has 2 N–H and O–H groups in total.